The van der Waals surface area contributed by atoms with Gasteiger partial charge in [0.05, 0.1) is 6.61 Å². The molecule has 1 aromatic carbocycles. The molecule has 88 valence electrons. The predicted molar refractivity (Wildman–Crippen MR) is 63.9 cm³/mol. The van der Waals surface area contributed by atoms with Gasteiger partial charge in [0.2, 0.25) is 0 Å². The maximum atomic E-state index is 9.64. The number of rotatable bonds is 4. The van der Waals surface area contributed by atoms with E-state index >= 15 is 0 Å². The van der Waals surface area contributed by atoms with Gasteiger partial charge in [-0.05, 0) is 37.5 Å². The first-order chi connectivity index (χ1) is 7.72. The highest BCUT2D eigenvalue weighted by atomic mass is 16.5. The van der Waals surface area contributed by atoms with Crippen LogP contribution in [0.2, 0.25) is 0 Å². The minimum absolute atomic E-state index is 0.125. The van der Waals surface area contributed by atoms with E-state index in [0.29, 0.717) is 18.9 Å². The molecule has 0 bridgehead atoms. The summed E-state index contributed by atoms with van der Waals surface area (Å²) in [5, 5.41) is 9.64. The molecular weight excluding hydrogens is 202 g/mol. The van der Waals surface area contributed by atoms with E-state index in [0.717, 1.165) is 12.8 Å². The van der Waals surface area contributed by atoms with Crippen LogP contribution in [0, 0.1) is 0 Å². The minimum Gasteiger partial charge on any atom is -0.504 e. The molecule has 1 aliphatic carbocycles. The zero-order valence-electron chi connectivity index (χ0n) is 9.70. The third-order valence-corrected chi connectivity index (χ3v) is 3.57. The molecule has 1 fully saturated rings. The van der Waals surface area contributed by atoms with Crippen molar-refractivity contribution in [2.24, 2.45) is 5.73 Å². The second-order valence-corrected chi connectivity index (χ2v) is 4.45. The van der Waals surface area contributed by atoms with Crippen molar-refractivity contribution in [3.63, 3.8) is 0 Å². The summed E-state index contributed by atoms with van der Waals surface area (Å²) < 4.78 is 5.39. The SMILES string of the molecule is CCOc1cc(C2(CN)CCC2)ccc1O. The van der Waals surface area contributed by atoms with Gasteiger partial charge in [-0.1, -0.05) is 12.5 Å². The number of ether oxygens (including phenoxy) is 1. The second kappa shape index (κ2) is 4.34. The lowest BCUT2D eigenvalue weighted by Gasteiger charge is -2.41. The van der Waals surface area contributed by atoms with Crippen LogP contribution >= 0.6 is 0 Å². The Morgan fingerprint density at radius 3 is 2.69 bits per heavy atom. The van der Waals surface area contributed by atoms with Gasteiger partial charge in [-0.15, -0.1) is 0 Å². The Morgan fingerprint density at radius 2 is 2.19 bits per heavy atom. The molecule has 0 aliphatic heterocycles. The highest BCUT2D eigenvalue weighted by Crippen LogP contribution is 2.44. The average Bonchev–Trinajstić information content (AvgIpc) is 2.22. The Hall–Kier alpha value is -1.22. The van der Waals surface area contributed by atoms with Gasteiger partial charge in [0, 0.05) is 12.0 Å². The number of phenols is 1. The number of phenolic OH excluding ortho intramolecular Hbond substituents is 1. The molecular formula is C13H19NO2. The fourth-order valence-electron chi connectivity index (χ4n) is 2.33. The highest BCUT2D eigenvalue weighted by molar-refractivity contribution is 5.45. The van der Waals surface area contributed by atoms with Gasteiger partial charge < -0.3 is 15.6 Å². The maximum Gasteiger partial charge on any atom is 0.161 e. The molecule has 3 N–H and O–H groups in total. The average molecular weight is 221 g/mol. The van der Waals surface area contributed by atoms with Crippen molar-refractivity contribution in [3.8, 4) is 11.5 Å². The molecule has 1 aromatic rings. The standard InChI is InChI=1S/C13H19NO2/c1-2-16-12-8-10(4-5-11(12)15)13(9-14)6-3-7-13/h4-5,8,15H,2-3,6-7,9,14H2,1H3. The van der Waals surface area contributed by atoms with E-state index in [1.165, 1.54) is 12.0 Å². The first kappa shape index (κ1) is 11.3. The Kier molecular flexibility index (Phi) is 3.06. The van der Waals surface area contributed by atoms with Gasteiger partial charge in [-0.2, -0.15) is 0 Å². The Bertz CT molecular complexity index is 367. The molecule has 1 aliphatic rings. The summed E-state index contributed by atoms with van der Waals surface area (Å²) in [5.41, 5.74) is 7.18. The summed E-state index contributed by atoms with van der Waals surface area (Å²) >= 11 is 0. The predicted octanol–water partition coefficient (Wildman–Crippen LogP) is 2.17. The van der Waals surface area contributed by atoms with Crippen LogP contribution in [-0.4, -0.2) is 18.3 Å². The third kappa shape index (κ3) is 1.76. The van der Waals surface area contributed by atoms with Crippen LogP contribution in [0.4, 0.5) is 0 Å². The maximum absolute atomic E-state index is 9.64. The summed E-state index contributed by atoms with van der Waals surface area (Å²) in [4.78, 5) is 0. The molecule has 3 nitrogen and oxygen atoms in total. The number of hydrogen-bond acceptors (Lipinski definition) is 3. The molecule has 0 unspecified atom stereocenters. The van der Waals surface area contributed by atoms with Gasteiger partial charge in [0.15, 0.2) is 11.5 Å². The van der Waals surface area contributed by atoms with Crippen LogP contribution in [0.5, 0.6) is 11.5 Å². The fourth-order valence-corrected chi connectivity index (χ4v) is 2.33. The third-order valence-electron chi connectivity index (χ3n) is 3.57. The van der Waals surface area contributed by atoms with Crippen molar-refractivity contribution < 1.29 is 9.84 Å². The van der Waals surface area contributed by atoms with Crippen molar-refractivity contribution in [3.05, 3.63) is 23.8 Å². The van der Waals surface area contributed by atoms with Gasteiger partial charge in [-0.25, -0.2) is 0 Å². The van der Waals surface area contributed by atoms with Crippen molar-refractivity contribution in [2.45, 2.75) is 31.6 Å². The van der Waals surface area contributed by atoms with Crippen LogP contribution < -0.4 is 10.5 Å². The van der Waals surface area contributed by atoms with E-state index < -0.39 is 0 Å². The molecule has 0 aromatic heterocycles. The summed E-state index contributed by atoms with van der Waals surface area (Å²) in [5.74, 6) is 0.775. The van der Waals surface area contributed by atoms with Crippen molar-refractivity contribution in [1.29, 1.82) is 0 Å². The molecule has 0 heterocycles. The van der Waals surface area contributed by atoms with E-state index in [1.54, 1.807) is 6.07 Å². The van der Waals surface area contributed by atoms with Crippen LogP contribution in [0.3, 0.4) is 0 Å². The number of benzene rings is 1. The van der Waals surface area contributed by atoms with E-state index in [4.69, 9.17) is 10.5 Å². The first-order valence-corrected chi connectivity index (χ1v) is 5.88. The van der Waals surface area contributed by atoms with Crippen molar-refractivity contribution >= 4 is 0 Å². The van der Waals surface area contributed by atoms with Crippen molar-refractivity contribution in [2.75, 3.05) is 13.2 Å². The van der Waals surface area contributed by atoms with E-state index in [9.17, 15) is 5.11 Å². The molecule has 0 spiro atoms. The Morgan fingerprint density at radius 1 is 1.44 bits per heavy atom. The second-order valence-electron chi connectivity index (χ2n) is 4.45. The van der Waals surface area contributed by atoms with Crippen molar-refractivity contribution in [1.82, 2.24) is 0 Å². The monoisotopic (exact) mass is 221 g/mol. The Balaban J connectivity index is 2.31. The van der Waals surface area contributed by atoms with Crippen LogP contribution in [0.1, 0.15) is 31.7 Å². The van der Waals surface area contributed by atoms with Gasteiger partial charge in [-0.3, -0.25) is 0 Å². The van der Waals surface area contributed by atoms with Gasteiger partial charge in [0.25, 0.3) is 0 Å². The lowest BCUT2D eigenvalue weighted by molar-refractivity contribution is 0.250. The number of hydrogen-bond donors (Lipinski definition) is 2. The number of aromatic hydroxyl groups is 1. The zero-order chi connectivity index (χ0) is 11.6. The van der Waals surface area contributed by atoms with E-state index in [1.807, 2.05) is 19.1 Å². The fraction of sp³-hybridized carbons (Fsp3) is 0.538. The molecule has 0 radical (unpaired) electrons. The zero-order valence-corrected chi connectivity index (χ0v) is 9.70. The normalized spacial score (nSPS) is 17.9. The summed E-state index contributed by atoms with van der Waals surface area (Å²) in [6, 6.07) is 5.60. The van der Waals surface area contributed by atoms with Gasteiger partial charge >= 0.3 is 0 Å². The van der Waals surface area contributed by atoms with Gasteiger partial charge in [0.1, 0.15) is 0 Å². The van der Waals surface area contributed by atoms with Crippen LogP contribution in [0.15, 0.2) is 18.2 Å². The largest absolute Gasteiger partial charge is 0.504 e. The molecule has 1 saturated carbocycles. The smallest absolute Gasteiger partial charge is 0.161 e. The summed E-state index contributed by atoms with van der Waals surface area (Å²) in [7, 11) is 0. The number of nitrogens with two attached hydrogens (primary N) is 1. The molecule has 2 rings (SSSR count). The van der Waals surface area contributed by atoms with E-state index in [2.05, 4.69) is 0 Å². The summed E-state index contributed by atoms with van der Waals surface area (Å²) in [6.45, 7) is 3.14. The summed E-state index contributed by atoms with van der Waals surface area (Å²) in [6.07, 6.45) is 3.52. The molecule has 0 saturated heterocycles. The lowest BCUT2D eigenvalue weighted by atomic mass is 9.64. The minimum atomic E-state index is 0.125. The topological polar surface area (TPSA) is 55.5 Å². The molecule has 16 heavy (non-hydrogen) atoms. The highest BCUT2D eigenvalue weighted by Gasteiger charge is 2.37. The Labute approximate surface area is 96.2 Å². The van der Waals surface area contributed by atoms with Crippen LogP contribution in [-0.2, 0) is 5.41 Å². The molecule has 0 amide bonds. The first-order valence-electron chi connectivity index (χ1n) is 5.88. The van der Waals surface area contributed by atoms with Crippen LogP contribution in [0.25, 0.3) is 0 Å². The molecule has 3 heteroatoms. The lowest BCUT2D eigenvalue weighted by Crippen LogP contribution is -2.41. The van der Waals surface area contributed by atoms with E-state index in [-0.39, 0.29) is 11.2 Å². The molecule has 0 atom stereocenters. The quantitative estimate of drug-likeness (QED) is 0.819.